The third-order valence-electron chi connectivity index (χ3n) is 14.5. The van der Waals surface area contributed by atoms with Crippen LogP contribution in [0.2, 0.25) is 0 Å². The van der Waals surface area contributed by atoms with Gasteiger partial charge >= 0.3 is 5.97 Å². The highest BCUT2D eigenvalue weighted by Gasteiger charge is 2.23. The standard InChI is InChI=1S/C69H80N8O10/c1-2-74-38-40-75(46-63(78)70-34-36-72-68(81)59-30-18-32-61(83-49-54-20-8-3-9-21-54)66(59)86-52-57-26-14-6-15-27-57)42-43-76(44-45-77(41-39-74)48-65(80)85-51-56-24-12-5-13-25-56)47-64(79)71-35-37-73-69(82)60-31-19-33-62(84-50-55-22-10-4-11-23-55)67(60)87-53-58-28-16-7-17-29-58/h3-33H,2,34-53H2,1H3,(H,70,78)(H,71,79)(H,72,81)(H,73,82). The lowest BCUT2D eigenvalue weighted by Crippen LogP contribution is -2.50. The van der Waals surface area contributed by atoms with Crippen LogP contribution >= 0.6 is 0 Å². The highest BCUT2D eigenvalue weighted by molar-refractivity contribution is 5.98. The van der Waals surface area contributed by atoms with Crippen LogP contribution in [0.5, 0.6) is 23.0 Å². The molecule has 0 radical (unpaired) electrons. The van der Waals surface area contributed by atoms with Gasteiger partial charge in [0.25, 0.3) is 11.8 Å². The van der Waals surface area contributed by atoms with Gasteiger partial charge in [0.1, 0.15) is 33.0 Å². The minimum atomic E-state index is -0.385. The monoisotopic (exact) mass is 1180 g/mol. The fourth-order valence-corrected chi connectivity index (χ4v) is 9.64. The van der Waals surface area contributed by atoms with Crippen LogP contribution in [-0.4, -0.2) is 154 Å². The summed E-state index contributed by atoms with van der Waals surface area (Å²) >= 11 is 0. The van der Waals surface area contributed by atoms with Crippen molar-refractivity contribution in [3.63, 3.8) is 0 Å². The van der Waals surface area contributed by atoms with Crippen molar-refractivity contribution in [3.05, 3.63) is 227 Å². The molecule has 0 aliphatic carbocycles. The summed E-state index contributed by atoms with van der Waals surface area (Å²) in [5, 5.41) is 11.9. The van der Waals surface area contributed by atoms with Crippen LogP contribution in [-0.2, 0) is 52.2 Å². The molecule has 4 N–H and O–H groups in total. The van der Waals surface area contributed by atoms with Crippen molar-refractivity contribution in [1.82, 2.24) is 40.9 Å². The van der Waals surface area contributed by atoms with Crippen molar-refractivity contribution < 1.29 is 47.7 Å². The van der Waals surface area contributed by atoms with Gasteiger partial charge in [-0.25, -0.2) is 0 Å². The smallest absolute Gasteiger partial charge is 0.320 e. The maximum atomic E-state index is 13.8. The van der Waals surface area contributed by atoms with Gasteiger partial charge in [0.05, 0.1) is 30.8 Å². The summed E-state index contributed by atoms with van der Waals surface area (Å²) in [4.78, 5) is 76.9. The molecule has 1 heterocycles. The Bertz CT molecular complexity index is 3220. The van der Waals surface area contributed by atoms with Gasteiger partial charge in [0.15, 0.2) is 23.0 Å². The lowest BCUT2D eigenvalue weighted by atomic mass is 10.1. The zero-order chi connectivity index (χ0) is 60.7. The predicted molar refractivity (Wildman–Crippen MR) is 334 cm³/mol. The van der Waals surface area contributed by atoms with Gasteiger partial charge in [-0.05, 0) is 58.6 Å². The van der Waals surface area contributed by atoms with Crippen LogP contribution in [0.3, 0.4) is 0 Å². The summed E-state index contributed by atoms with van der Waals surface area (Å²) in [6.45, 7) is 9.13. The Morgan fingerprint density at radius 2 is 0.655 bits per heavy atom. The van der Waals surface area contributed by atoms with Crippen LogP contribution < -0.4 is 40.2 Å². The second-order valence-electron chi connectivity index (χ2n) is 21.0. The Kier molecular flexibility index (Phi) is 26.0. The van der Waals surface area contributed by atoms with Gasteiger partial charge in [-0.15, -0.1) is 0 Å². The van der Waals surface area contributed by atoms with Gasteiger partial charge in [-0.2, -0.15) is 0 Å². The molecular weight excluding hydrogens is 1100 g/mol. The van der Waals surface area contributed by atoms with Crippen LogP contribution in [0.15, 0.2) is 188 Å². The average molecular weight is 1180 g/mol. The van der Waals surface area contributed by atoms with Crippen LogP contribution in [0.25, 0.3) is 0 Å². The van der Waals surface area contributed by atoms with E-state index < -0.39 is 0 Å². The first kappa shape index (κ1) is 63.9. The zero-order valence-electron chi connectivity index (χ0n) is 49.6. The van der Waals surface area contributed by atoms with Crippen molar-refractivity contribution in [2.75, 3.05) is 105 Å². The first-order valence-electron chi connectivity index (χ1n) is 29.8. The second kappa shape index (κ2) is 35.4. The average Bonchev–Trinajstić information content (AvgIpc) is 3.73. The molecule has 18 nitrogen and oxygen atoms in total. The van der Waals surface area contributed by atoms with E-state index in [0.717, 1.165) is 34.4 Å². The lowest BCUT2D eigenvalue weighted by Gasteiger charge is -2.33. The summed E-state index contributed by atoms with van der Waals surface area (Å²) in [5.74, 6) is -0.0630. The van der Waals surface area contributed by atoms with Crippen molar-refractivity contribution in [2.45, 2.75) is 40.0 Å². The van der Waals surface area contributed by atoms with E-state index in [4.69, 9.17) is 23.7 Å². The Morgan fingerprint density at radius 3 is 1.01 bits per heavy atom. The number of amides is 4. The number of hydrogen-bond acceptors (Lipinski definition) is 14. The van der Waals surface area contributed by atoms with Crippen molar-refractivity contribution in [1.29, 1.82) is 0 Å². The number of nitrogens with zero attached hydrogens (tertiary/aromatic N) is 4. The summed E-state index contributed by atoms with van der Waals surface area (Å²) in [6.07, 6.45) is 0. The molecular formula is C69H80N8O10. The number of ether oxygens (including phenoxy) is 5. The van der Waals surface area contributed by atoms with E-state index in [2.05, 4.69) is 42.9 Å². The quantitative estimate of drug-likeness (QED) is 0.0268. The van der Waals surface area contributed by atoms with E-state index >= 15 is 0 Å². The molecule has 456 valence electrons. The van der Waals surface area contributed by atoms with E-state index in [9.17, 15) is 24.0 Å². The fourth-order valence-electron chi connectivity index (χ4n) is 9.64. The maximum Gasteiger partial charge on any atom is 0.320 e. The minimum absolute atomic E-state index is 0.0282. The third kappa shape index (κ3) is 22.1. The Hall–Kier alpha value is -9.07. The number of nitrogens with one attached hydrogen (secondary N) is 4. The molecule has 8 rings (SSSR count). The molecule has 0 saturated carbocycles. The molecule has 1 fully saturated rings. The zero-order valence-corrected chi connectivity index (χ0v) is 49.6. The van der Waals surface area contributed by atoms with Gasteiger partial charge in [0.2, 0.25) is 11.8 Å². The number of hydrogen-bond donors (Lipinski definition) is 4. The molecule has 0 bridgehead atoms. The van der Waals surface area contributed by atoms with Crippen LogP contribution in [0.1, 0.15) is 55.5 Å². The summed E-state index contributed by atoms with van der Waals surface area (Å²) in [7, 11) is 0. The van der Waals surface area contributed by atoms with E-state index in [1.165, 1.54) is 0 Å². The number of carbonyl (C=O) groups is 5. The molecule has 87 heavy (non-hydrogen) atoms. The Morgan fingerprint density at radius 1 is 0.345 bits per heavy atom. The molecule has 0 unspecified atom stereocenters. The molecule has 0 spiro atoms. The van der Waals surface area contributed by atoms with Crippen LogP contribution in [0, 0.1) is 0 Å². The van der Waals surface area contributed by atoms with E-state index in [-0.39, 0.29) is 108 Å². The number of benzene rings is 7. The normalized spacial score (nSPS) is 13.6. The maximum absolute atomic E-state index is 13.8. The topological polar surface area (TPSA) is 193 Å². The van der Waals surface area contributed by atoms with E-state index in [0.29, 0.717) is 86.5 Å². The SMILES string of the molecule is CCN1CCN(CC(=O)NCCNC(=O)c2cccc(OCc3ccccc3)c2OCc2ccccc2)CCN(CC(=O)NCCNC(=O)c2cccc(OCc3ccccc3)c2OCc2ccccc2)CCN(CC(=O)OCc2ccccc2)CC1. The van der Waals surface area contributed by atoms with Gasteiger partial charge in [-0.1, -0.05) is 171 Å². The molecule has 18 heteroatoms. The van der Waals surface area contributed by atoms with Crippen molar-refractivity contribution in [3.8, 4) is 23.0 Å². The summed E-state index contributed by atoms with van der Waals surface area (Å²) in [5.41, 5.74) is 5.30. The first-order valence-corrected chi connectivity index (χ1v) is 29.8. The number of carbonyl (C=O) groups excluding carboxylic acids is 5. The summed E-state index contributed by atoms with van der Waals surface area (Å²) < 4.78 is 30.7. The molecule has 4 amide bonds. The molecule has 1 aliphatic heterocycles. The third-order valence-corrected chi connectivity index (χ3v) is 14.5. The molecule has 7 aromatic rings. The van der Waals surface area contributed by atoms with E-state index in [1.54, 1.807) is 36.4 Å². The van der Waals surface area contributed by atoms with Crippen LogP contribution in [0.4, 0.5) is 0 Å². The highest BCUT2D eigenvalue weighted by Crippen LogP contribution is 2.34. The molecule has 0 atom stereocenters. The summed E-state index contributed by atoms with van der Waals surface area (Å²) in [6, 6.07) is 58.9. The van der Waals surface area contributed by atoms with Gasteiger partial charge in [0, 0.05) is 78.5 Å². The largest absolute Gasteiger partial charge is 0.485 e. The number of likely N-dealkylation sites (N-methyl/N-ethyl adjacent to an activating group) is 1. The first-order chi connectivity index (χ1) is 42.6. The molecule has 7 aromatic carbocycles. The van der Waals surface area contributed by atoms with Crippen molar-refractivity contribution >= 4 is 29.6 Å². The predicted octanol–water partition coefficient (Wildman–Crippen LogP) is 7.38. The lowest BCUT2D eigenvalue weighted by molar-refractivity contribution is -0.146. The Labute approximate surface area is 510 Å². The highest BCUT2D eigenvalue weighted by atomic mass is 16.5. The van der Waals surface area contributed by atoms with Crippen molar-refractivity contribution in [2.24, 2.45) is 0 Å². The number of para-hydroxylation sites is 2. The number of rotatable bonds is 29. The fraction of sp³-hybridized carbons (Fsp3) is 0.319. The molecule has 0 aromatic heterocycles. The second-order valence-corrected chi connectivity index (χ2v) is 21.0. The molecule has 1 saturated heterocycles. The minimum Gasteiger partial charge on any atom is -0.485 e. The van der Waals surface area contributed by atoms with E-state index in [1.807, 2.05) is 157 Å². The van der Waals surface area contributed by atoms with Gasteiger partial charge < -0.3 is 49.9 Å². The Balaban J connectivity index is 0.867. The number of esters is 1. The molecule has 1 aliphatic rings. The van der Waals surface area contributed by atoms with Gasteiger partial charge in [-0.3, -0.25) is 38.7 Å².